The van der Waals surface area contributed by atoms with E-state index in [0.29, 0.717) is 16.9 Å². The first kappa shape index (κ1) is 22.3. The van der Waals surface area contributed by atoms with Gasteiger partial charge in [0.1, 0.15) is 29.4 Å². The minimum absolute atomic E-state index is 0.0628. The molecule has 2 aromatic carbocycles. The van der Waals surface area contributed by atoms with Gasteiger partial charge < -0.3 is 15.0 Å². The number of carbonyl (C=O) groups is 1. The molecular formula is C24H20F3N5OS. The van der Waals surface area contributed by atoms with Gasteiger partial charge in [-0.05, 0) is 49.1 Å². The molecule has 1 saturated carbocycles. The third kappa shape index (κ3) is 4.21. The van der Waals surface area contributed by atoms with Crippen LogP contribution >= 0.6 is 11.9 Å². The molecule has 0 atom stereocenters. The van der Waals surface area contributed by atoms with Crippen molar-refractivity contribution >= 4 is 40.3 Å². The summed E-state index contributed by atoms with van der Waals surface area (Å²) in [6.45, 7) is 0. The van der Waals surface area contributed by atoms with E-state index in [1.165, 1.54) is 36.8 Å². The monoisotopic (exact) mass is 483 g/mol. The van der Waals surface area contributed by atoms with Crippen LogP contribution < -0.4 is 10.0 Å². The smallest absolute Gasteiger partial charge is 0.201 e. The highest BCUT2D eigenvalue weighted by Gasteiger charge is 2.27. The Morgan fingerprint density at radius 1 is 1.03 bits per heavy atom. The van der Waals surface area contributed by atoms with Crippen LogP contribution in [-0.4, -0.2) is 26.8 Å². The van der Waals surface area contributed by atoms with E-state index in [0.717, 1.165) is 43.7 Å². The summed E-state index contributed by atoms with van der Waals surface area (Å²) in [7, 11) is 0. The molecule has 0 saturated heterocycles. The number of nitrogens with zero attached hydrogens (tertiary/aromatic N) is 2. The second-order valence-corrected chi connectivity index (χ2v) is 8.87. The highest BCUT2D eigenvalue weighted by Crippen LogP contribution is 2.32. The summed E-state index contributed by atoms with van der Waals surface area (Å²) >= 11 is 0.826. The normalized spacial score (nSPS) is 14.0. The SMILES string of the molecule is O=C(c1c(F)ccc(NSc2ccccc2F)c1F)c1c[nH]c2ncnc(NC3CCCC3)c12. The van der Waals surface area contributed by atoms with Crippen molar-refractivity contribution < 1.29 is 18.0 Å². The lowest BCUT2D eigenvalue weighted by molar-refractivity contribution is 0.103. The van der Waals surface area contributed by atoms with Crippen molar-refractivity contribution in [2.45, 2.75) is 36.6 Å². The maximum absolute atomic E-state index is 15.3. The van der Waals surface area contributed by atoms with Crippen LogP contribution in [0.4, 0.5) is 24.7 Å². The highest BCUT2D eigenvalue weighted by molar-refractivity contribution is 8.00. The van der Waals surface area contributed by atoms with Crippen LogP contribution in [0.2, 0.25) is 0 Å². The first-order valence-corrected chi connectivity index (χ1v) is 11.6. The third-order valence-corrected chi connectivity index (χ3v) is 6.71. The number of aromatic nitrogens is 3. The molecule has 0 aliphatic heterocycles. The van der Waals surface area contributed by atoms with Crippen LogP contribution in [-0.2, 0) is 0 Å². The number of carbonyl (C=O) groups excluding carboxylic acids is 1. The lowest BCUT2D eigenvalue weighted by Crippen LogP contribution is -2.16. The fraction of sp³-hybridized carbons (Fsp3) is 0.208. The summed E-state index contributed by atoms with van der Waals surface area (Å²) < 4.78 is 46.6. The van der Waals surface area contributed by atoms with E-state index >= 15 is 4.39 Å². The van der Waals surface area contributed by atoms with E-state index in [-0.39, 0.29) is 22.2 Å². The maximum atomic E-state index is 15.3. The van der Waals surface area contributed by atoms with Crippen LogP contribution in [0, 0.1) is 17.5 Å². The number of aromatic amines is 1. The Balaban J connectivity index is 1.49. The number of ketones is 1. The van der Waals surface area contributed by atoms with Crippen molar-refractivity contribution in [1.29, 1.82) is 0 Å². The number of rotatable bonds is 7. The van der Waals surface area contributed by atoms with Crippen LogP contribution in [0.3, 0.4) is 0 Å². The maximum Gasteiger partial charge on any atom is 0.201 e. The largest absolute Gasteiger partial charge is 0.367 e. The molecule has 3 N–H and O–H groups in total. The van der Waals surface area contributed by atoms with E-state index in [1.54, 1.807) is 6.07 Å². The van der Waals surface area contributed by atoms with Gasteiger partial charge in [0.15, 0.2) is 5.82 Å². The van der Waals surface area contributed by atoms with E-state index < -0.39 is 28.8 Å². The van der Waals surface area contributed by atoms with Crippen molar-refractivity contribution in [3.8, 4) is 0 Å². The number of hydrogen-bond donors (Lipinski definition) is 3. The predicted octanol–water partition coefficient (Wildman–Crippen LogP) is 6.08. The molecular weight excluding hydrogens is 463 g/mol. The molecule has 2 aromatic heterocycles. The van der Waals surface area contributed by atoms with Gasteiger partial charge in [-0.15, -0.1) is 0 Å². The number of fused-ring (bicyclic) bond motifs is 1. The van der Waals surface area contributed by atoms with Crippen LogP contribution in [0.25, 0.3) is 11.0 Å². The zero-order valence-corrected chi connectivity index (χ0v) is 18.7. The van der Waals surface area contributed by atoms with Gasteiger partial charge in [0, 0.05) is 12.2 Å². The van der Waals surface area contributed by atoms with Crippen molar-refractivity contribution in [3.05, 3.63) is 77.5 Å². The van der Waals surface area contributed by atoms with Gasteiger partial charge >= 0.3 is 0 Å². The van der Waals surface area contributed by atoms with Gasteiger partial charge in [-0.1, -0.05) is 25.0 Å². The Morgan fingerprint density at radius 3 is 2.62 bits per heavy atom. The molecule has 0 bridgehead atoms. The summed E-state index contributed by atoms with van der Waals surface area (Å²) in [5.41, 5.74) is -0.397. The number of nitrogens with one attached hydrogen (secondary N) is 3. The Morgan fingerprint density at radius 2 is 1.82 bits per heavy atom. The zero-order valence-electron chi connectivity index (χ0n) is 17.9. The molecule has 0 spiro atoms. The third-order valence-electron chi connectivity index (χ3n) is 5.84. The first-order valence-electron chi connectivity index (χ1n) is 10.8. The molecule has 2 heterocycles. The summed E-state index contributed by atoms with van der Waals surface area (Å²) in [6.07, 6.45) is 6.92. The van der Waals surface area contributed by atoms with Crippen molar-refractivity contribution in [2.75, 3.05) is 10.0 Å². The molecule has 4 aromatic rings. The highest BCUT2D eigenvalue weighted by atomic mass is 32.2. The Bertz CT molecular complexity index is 1370. The molecule has 0 radical (unpaired) electrons. The lowest BCUT2D eigenvalue weighted by Gasteiger charge is -2.14. The number of anilines is 2. The van der Waals surface area contributed by atoms with Gasteiger partial charge in [-0.2, -0.15) is 0 Å². The van der Waals surface area contributed by atoms with Crippen LogP contribution in [0.5, 0.6) is 0 Å². The van der Waals surface area contributed by atoms with E-state index in [1.807, 2.05) is 0 Å². The van der Waals surface area contributed by atoms with E-state index in [4.69, 9.17) is 0 Å². The Labute approximate surface area is 197 Å². The quantitative estimate of drug-likeness (QED) is 0.218. The van der Waals surface area contributed by atoms with Gasteiger partial charge in [0.25, 0.3) is 0 Å². The zero-order chi connectivity index (χ0) is 23.7. The lowest BCUT2D eigenvalue weighted by atomic mass is 10.0. The van der Waals surface area contributed by atoms with Gasteiger partial charge in [-0.25, -0.2) is 23.1 Å². The minimum atomic E-state index is -1.06. The molecule has 10 heteroatoms. The number of halogens is 3. The van der Waals surface area contributed by atoms with Gasteiger partial charge in [0.05, 0.1) is 27.1 Å². The predicted molar refractivity (Wildman–Crippen MR) is 125 cm³/mol. The molecule has 34 heavy (non-hydrogen) atoms. The summed E-state index contributed by atoms with van der Waals surface area (Å²) in [5, 5.41) is 3.73. The summed E-state index contributed by atoms with van der Waals surface area (Å²) in [4.78, 5) is 24.9. The first-order chi connectivity index (χ1) is 16.5. The fourth-order valence-electron chi connectivity index (χ4n) is 4.13. The summed E-state index contributed by atoms with van der Waals surface area (Å²) in [6, 6.07) is 8.35. The van der Waals surface area contributed by atoms with E-state index in [9.17, 15) is 13.6 Å². The molecule has 5 rings (SSSR count). The van der Waals surface area contributed by atoms with Crippen LogP contribution in [0.1, 0.15) is 41.6 Å². The molecule has 0 unspecified atom stereocenters. The average molecular weight is 484 g/mol. The molecule has 1 fully saturated rings. The molecule has 1 aliphatic rings. The standard InChI is InChI=1S/C24H20F3N5OS/c25-15-7-3-4-8-18(15)34-32-17-10-9-16(26)20(21(17)27)22(33)14-11-28-23-19(14)24(30-12-29-23)31-13-5-1-2-6-13/h3-4,7-13,32H,1-2,5-6H2,(H2,28,29,30,31). The van der Waals surface area contributed by atoms with Crippen molar-refractivity contribution in [3.63, 3.8) is 0 Å². The second-order valence-electron chi connectivity index (χ2n) is 8.02. The Kier molecular flexibility index (Phi) is 6.14. The van der Waals surface area contributed by atoms with Gasteiger partial charge in [0.2, 0.25) is 5.78 Å². The second kappa shape index (κ2) is 9.38. The van der Waals surface area contributed by atoms with Crippen LogP contribution in [0.15, 0.2) is 53.8 Å². The fourth-order valence-corrected chi connectivity index (χ4v) is 4.82. The molecule has 6 nitrogen and oxygen atoms in total. The average Bonchev–Trinajstić information content (AvgIpc) is 3.50. The Hall–Kier alpha value is -3.53. The number of hydrogen-bond acceptors (Lipinski definition) is 6. The van der Waals surface area contributed by atoms with Gasteiger partial charge in [-0.3, -0.25) is 4.79 Å². The van der Waals surface area contributed by atoms with Crippen molar-refractivity contribution in [2.24, 2.45) is 0 Å². The molecule has 0 amide bonds. The number of benzene rings is 2. The van der Waals surface area contributed by atoms with E-state index in [2.05, 4.69) is 25.0 Å². The summed E-state index contributed by atoms with van der Waals surface area (Å²) in [5.74, 6) is -2.94. The molecule has 1 aliphatic carbocycles. The molecule has 174 valence electrons. The minimum Gasteiger partial charge on any atom is -0.367 e. The van der Waals surface area contributed by atoms with Crippen molar-refractivity contribution in [1.82, 2.24) is 15.0 Å². The topological polar surface area (TPSA) is 82.7 Å². The number of H-pyrrole nitrogens is 1.